The number of hydrogen-bond acceptors (Lipinski definition) is 4. The molecule has 3 heterocycles. The van der Waals surface area contributed by atoms with Crippen molar-refractivity contribution in [2.45, 2.75) is 38.3 Å². The highest BCUT2D eigenvalue weighted by molar-refractivity contribution is 5.98. The van der Waals surface area contributed by atoms with Crippen LogP contribution in [0.5, 0.6) is 0 Å². The predicted molar refractivity (Wildman–Crippen MR) is 119 cm³/mol. The molecule has 2 aliphatic rings. The van der Waals surface area contributed by atoms with Crippen LogP contribution in [0.1, 0.15) is 36.9 Å². The van der Waals surface area contributed by atoms with Gasteiger partial charge in [-0.1, -0.05) is 18.2 Å². The van der Waals surface area contributed by atoms with Crippen molar-refractivity contribution in [3.05, 3.63) is 59.9 Å². The number of nitrogen functional groups attached to an aromatic ring is 1. The van der Waals surface area contributed by atoms with Gasteiger partial charge in [0.15, 0.2) is 0 Å². The summed E-state index contributed by atoms with van der Waals surface area (Å²) in [4.78, 5) is 24.2. The summed E-state index contributed by atoms with van der Waals surface area (Å²) in [6.07, 6.45) is 5.81. The zero-order chi connectivity index (χ0) is 20.9. The Kier molecular flexibility index (Phi) is 6.28. The molecule has 158 valence electrons. The first-order valence-corrected chi connectivity index (χ1v) is 10.8. The zero-order valence-electron chi connectivity index (χ0n) is 17.3. The number of hydrogen-bond donors (Lipinski definition) is 2. The monoisotopic (exact) mass is 406 g/mol. The Labute approximate surface area is 178 Å². The van der Waals surface area contributed by atoms with Crippen LogP contribution in [0.2, 0.25) is 0 Å². The first-order valence-electron chi connectivity index (χ1n) is 10.8. The number of amidine groups is 1. The summed E-state index contributed by atoms with van der Waals surface area (Å²) in [7, 11) is 0. The van der Waals surface area contributed by atoms with Gasteiger partial charge in [0.25, 0.3) is 0 Å². The Morgan fingerprint density at radius 3 is 2.60 bits per heavy atom. The van der Waals surface area contributed by atoms with Gasteiger partial charge in [0, 0.05) is 56.2 Å². The maximum Gasteiger partial charge on any atom is 0.324 e. The number of likely N-dealkylation sites (tertiary alicyclic amines) is 1. The number of nitrogens with zero attached hydrogens (tertiary/aromatic N) is 4. The predicted octanol–water partition coefficient (Wildman–Crippen LogP) is 3.05. The number of benzene rings is 1. The van der Waals surface area contributed by atoms with Crippen molar-refractivity contribution in [3.63, 3.8) is 0 Å². The zero-order valence-corrected chi connectivity index (χ0v) is 17.3. The molecule has 2 fully saturated rings. The Bertz CT molecular complexity index is 878. The highest BCUT2D eigenvalue weighted by Gasteiger charge is 2.32. The van der Waals surface area contributed by atoms with Crippen LogP contribution in [0.4, 0.5) is 10.5 Å². The van der Waals surface area contributed by atoms with Crippen LogP contribution in [0, 0.1) is 5.41 Å². The SMILES string of the molecule is N=C(N)c1cccc(N2CCCCN(C3CCN(Cc4ccccn4)CC3)C2=O)c1. The lowest BCUT2D eigenvalue weighted by atomic mass is 10.0. The molecular formula is C23H30N6O. The van der Waals surface area contributed by atoms with Crippen LogP contribution in [0.25, 0.3) is 0 Å². The molecule has 30 heavy (non-hydrogen) atoms. The van der Waals surface area contributed by atoms with Crippen LogP contribution >= 0.6 is 0 Å². The van der Waals surface area contributed by atoms with Crippen molar-refractivity contribution in [2.24, 2.45) is 5.73 Å². The smallest absolute Gasteiger partial charge is 0.324 e. The van der Waals surface area contributed by atoms with E-state index in [0.717, 1.165) is 63.2 Å². The number of amides is 2. The molecule has 2 amide bonds. The third kappa shape index (κ3) is 4.62. The van der Waals surface area contributed by atoms with E-state index in [1.807, 2.05) is 47.5 Å². The molecule has 1 aromatic carbocycles. The molecule has 7 heteroatoms. The first-order chi connectivity index (χ1) is 14.6. The minimum Gasteiger partial charge on any atom is -0.384 e. The number of nitrogens with one attached hydrogen (secondary N) is 1. The van der Waals surface area contributed by atoms with Gasteiger partial charge >= 0.3 is 6.03 Å². The third-order valence-corrected chi connectivity index (χ3v) is 6.09. The highest BCUT2D eigenvalue weighted by atomic mass is 16.2. The maximum absolute atomic E-state index is 13.4. The Morgan fingerprint density at radius 2 is 1.87 bits per heavy atom. The van der Waals surface area contributed by atoms with E-state index in [1.54, 1.807) is 0 Å². The number of rotatable bonds is 5. The van der Waals surface area contributed by atoms with E-state index < -0.39 is 0 Å². The minimum atomic E-state index is 0.0243. The van der Waals surface area contributed by atoms with Crippen LogP contribution in [0.15, 0.2) is 48.7 Å². The van der Waals surface area contributed by atoms with Crippen molar-refractivity contribution in [1.82, 2.24) is 14.8 Å². The fraction of sp³-hybridized carbons (Fsp3) is 0.435. The van der Waals surface area contributed by atoms with E-state index in [0.29, 0.717) is 12.1 Å². The van der Waals surface area contributed by atoms with Crippen LogP contribution in [0.3, 0.4) is 0 Å². The summed E-state index contributed by atoms with van der Waals surface area (Å²) in [6.45, 7) is 4.34. The summed E-state index contributed by atoms with van der Waals surface area (Å²) in [5.74, 6) is 0.0243. The molecule has 0 aliphatic carbocycles. The van der Waals surface area contributed by atoms with E-state index in [9.17, 15) is 4.79 Å². The van der Waals surface area contributed by atoms with Gasteiger partial charge in [-0.05, 0) is 49.9 Å². The van der Waals surface area contributed by atoms with E-state index in [1.165, 1.54) is 0 Å². The number of pyridine rings is 1. The van der Waals surface area contributed by atoms with E-state index in [2.05, 4.69) is 20.9 Å². The highest BCUT2D eigenvalue weighted by Crippen LogP contribution is 2.26. The summed E-state index contributed by atoms with van der Waals surface area (Å²) >= 11 is 0. The molecule has 0 atom stereocenters. The molecule has 0 radical (unpaired) electrons. The summed E-state index contributed by atoms with van der Waals surface area (Å²) < 4.78 is 0. The Hall–Kier alpha value is -2.93. The standard InChI is InChI=1S/C23H30N6O/c24-22(25)18-6-5-8-21(16-18)29-13-4-3-12-28(23(29)30)20-9-14-27(15-10-20)17-19-7-1-2-11-26-19/h1-2,5-8,11,16,20H,3-4,9-10,12-15,17H2,(H3,24,25). The number of aromatic nitrogens is 1. The Morgan fingerprint density at radius 1 is 1.07 bits per heavy atom. The molecule has 0 unspecified atom stereocenters. The van der Waals surface area contributed by atoms with Crippen molar-refractivity contribution >= 4 is 17.6 Å². The molecule has 7 nitrogen and oxygen atoms in total. The topological polar surface area (TPSA) is 89.6 Å². The van der Waals surface area contributed by atoms with Crippen LogP contribution < -0.4 is 10.6 Å². The molecule has 2 aliphatic heterocycles. The third-order valence-electron chi connectivity index (χ3n) is 6.09. The molecule has 2 aromatic rings. The number of anilines is 1. The molecule has 0 saturated carbocycles. The molecular weight excluding hydrogens is 376 g/mol. The van der Waals surface area contributed by atoms with Gasteiger partial charge in [0.2, 0.25) is 0 Å². The second-order valence-corrected chi connectivity index (χ2v) is 8.13. The van der Waals surface area contributed by atoms with Crippen molar-refractivity contribution in [1.29, 1.82) is 5.41 Å². The lowest BCUT2D eigenvalue weighted by Gasteiger charge is -2.39. The number of carbonyl (C=O) groups is 1. The van der Waals surface area contributed by atoms with E-state index >= 15 is 0 Å². The lowest BCUT2D eigenvalue weighted by molar-refractivity contribution is 0.122. The first kappa shape index (κ1) is 20.3. The van der Waals surface area contributed by atoms with Gasteiger partial charge in [0.05, 0.1) is 5.69 Å². The second-order valence-electron chi connectivity index (χ2n) is 8.13. The fourth-order valence-electron chi connectivity index (χ4n) is 4.43. The number of nitrogens with two attached hydrogens (primary N) is 1. The van der Waals surface area contributed by atoms with Crippen molar-refractivity contribution in [3.8, 4) is 0 Å². The summed E-state index contributed by atoms with van der Waals surface area (Å²) in [5, 5.41) is 7.69. The molecule has 2 saturated heterocycles. The summed E-state index contributed by atoms with van der Waals surface area (Å²) in [5.41, 5.74) is 8.22. The van der Waals surface area contributed by atoms with Gasteiger partial charge < -0.3 is 10.6 Å². The molecule has 0 spiro atoms. The second kappa shape index (κ2) is 9.26. The number of carbonyl (C=O) groups excluding carboxylic acids is 1. The summed E-state index contributed by atoms with van der Waals surface area (Å²) in [6, 6.07) is 13.8. The number of piperidine rings is 1. The maximum atomic E-state index is 13.4. The van der Waals surface area contributed by atoms with Gasteiger partial charge in [-0.2, -0.15) is 0 Å². The molecule has 4 rings (SSSR count). The molecule has 1 aromatic heterocycles. The minimum absolute atomic E-state index is 0.0243. The molecule has 3 N–H and O–H groups in total. The fourth-order valence-corrected chi connectivity index (χ4v) is 4.43. The van der Waals surface area contributed by atoms with E-state index in [-0.39, 0.29) is 17.9 Å². The van der Waals surface area contributed by atoms with Gasteiger partial charge in [0.1, 0.15) is 5.84 Å². The Balaban J connectivity index is 1.42. The van der Waals surface area contributed by atoms with Crippen LogP contribution in [-0.4, -0.2) is 58.9 Å². The van der Waals surface area contributed by atoms with Gasteiger partial charge in [-0.15, -0.1) is 0 Å². The van der Waals surface area contributed by atoms with Crippen molar-refractivity contribution in [2.75, 3.05) is 31.1 Å². The van der Waals surface area contributed by atoms with Gasteiger partial charge in [-0.25, -0.2) is 4.79 Å². The largest absolute Gasteiger partial charge is 0.384 e. The van der Waals surface area contributed by atoms with Gasteiger partial charge in [-0.3, -0.25) is 20.2 Å². The average molecular weight is 407 g/mol. The number of urea groups is 1. The molecule has 0 bridgehead atoms. The lowest BCUT2D eigenvalue weighted by Crippen LogP contribution is -2.51. The quantitative estimate of drug-likeness (QED) is 0.590. The van der Waals surface area contributed by atoms with E-state index in [4.69, 9.17) is 11.1 Å². The van der Waals surface area contributed by atoms with Crippen LogP contribution in [-0.2, 0) is 6.54 Å². The normalized spacial score (nSPS) is 19.0. The average Bonchev–Trinajstić information content (AvgIpc) is 2.97. The van der Waals surface area contributed by atoms with Crippen molar-refractivity contribution < 1.29 is 4.79 Å².